The Labute approximate surface area is 219 Å². The van der Waals surface area contributed by atoms with Crippen LogP contribution in [0.15, 0.2) is 23.1 Å². The van der Waals surface area contributed by atoms with E-state index in [9.17, 15) is 26.4 Å². The summed E-state index contributed by atoms with van der Waals surface area (Å²) in [7, 11) is -2.16. The smallest absolute Gasteiger partial charge is 0.334 e. The minimum atomic E-state index is -4.91. The highest BCUT2D eigenvalue weighted by atomic mass is 32.2. The van der Waals surface area contributed by atoms with Gasteiger partial charge in [0.05, 0.1) is 4.90 Å². The monoisotopic (exact) mass is 546 g/mol. The van der Waals surface area contributed by atoms with Crippen LogP contribution >= 0.6 is 0 Å². The van der Waals surface area contributed by atoms with E-state index in [0.717, 1.165) is 42.9 Å². The number of carbonyl (C=O) groups excluding carboxylic acids is 1. The van der Waals surface area contributed by atoms with E-state index in [4.69, 9.17) is 0 Å². The highest BCUT2D eigenvalue weighted by molar-refractivity contribution is 7.89. The molecule has 1 saturated carbocycles. The molecular weight excluding hydrogens is 505 g/mol. The number of rotatable bonds is 11. The highest BCUT2D eigenvalue weighted by Gasteiger charge is 2.42. The summed E-state index contributed by atoms with van der Waals surface area (Å²) in [6, 6.07) is 5.35. The van der Waals surface area contributed by atoms with Gasteiger partial charge in [0.2, 0.25) is 10.0 Å². The predicted molar refractivity (Wildman–Crippen MR) is 138 cm³/mol. The van der Waals surface area contributed by atoms with Crippen LogP contribution < -0.4 is 10.6 Å². The molecule has 1 heterocycles. The number of carbonyl (C=O) groups is 1. The van der Waals surface area contributed by atoms with E-state index in [-0.39, 0.29) is 30.8 Å². The minimum absolute atomic E-state index is 0.0397. The number of halogens is 3. The third-order valence-electron chi connectivity index (χ3n) is 7.38. The van der Waals surface area contributed by atoms with Gasteiger partial charge in [0.15, 0.2) is 0 Å². The Balaban J connectivity index is 1.40. The molecule has 7 nitrogen and oxygen atoms in total. The van der Waals surface area contributed by atoms with Crippen molar-refractivity contribution in [3.05, 3.63) is 29.3 Å². The number of sulfonamides is 1. The third-order valence-corrected chi connectivity index (χ3v) is 9.24. The Morgan fingerprint density at radius 2 is 1.68 bits per heavy atom. The molecule has 11 heteroatoms. The lowest BCUT2D eigenvalue weighted by Gasteiger charge is -2.21. The largest absolute Gasteiger partial charge is 0.471 e. The van der Waals surface area contributed by atoms with E-state index < -0.39 is 22.1 Å². The van der Waals surface area contributed by atoms with Crippen molar-refractivity contribution >= 4 is 15.9 Å². The molecule has 1 aliphatic carbocycles. The number of nitrogens with zero attached hydrogens (tertiary/aromatic N) is 2. The van der Waals surface area contributed by atoms with Gasteiger partial charge in [-0.3, -0.25) is 4.79 Å². The highest BCUT2D eigenvalue weighted by Crippen LogP contribution is 2.25. The quantitative estimate of drug-likeness (QED) is 0.328. The van der Waals surface area contributed by atoms with Gasteiger partial charge >= 0.3 is 12.1 Å². The molecule has 2 N–H and O–H groups in total. The maximum atomic E-state index is 13.1. The van der Waals surface area contributed by atoms with Gasteiger partial charge in [-0.2, -0.15) is 13.2 Å². The fraction of sp³-hybridized carbons (Fsp3) is 0.731. The lowest BCUT2D eigenvalue weighted by molar-refractivity contribution is -0.185. The number of hydrogen-bond donors (Lipinski definition) is 2. The normalized spacial score (nSPS) is 17.9. The average molecular weight is 547 g/mol. The Morgan fingerprint density at radius 1 is 1.00 bits per heavy atom. The van der Waals surface area contributed by atoms with E-state index in [1.54, 1.807) is 19.2 Å². The van der Waals surface area contributed by atoms with E-state index in [1.807, 2.05) is 0 Å². The molecule has 0 saturated heterocycles. The molecule has 1 aromatic carbocycles. The Morgan fingerprint density at radius 3 is 2.35 bits per heavy atom. The van der Waals surface area contributed by atoms with Crippen LogP contribution in [0.5, 0.6) is 0 Å². The van der Waals surface area contributed by atoms with Crippen molar-refractivity contribution in [1.82, 2.24) is 19.8 Å². The van der Waals surface area contributed by atoms with Crippen LogP contribution in [0.25, 0.3) is 0 Å². The number of alkyl halides is 3. The van der Waals surface area contributed by atoms with E-state index in [2.05, 4.69) is 10.6 Å². The maximum Gasteiger partial charge on any atom is 0.471 e. The number of hydrogen-bond acceptors (Lipinski definition) is 5. The van der Waals surface area contributed by atoms with Crippen LogP contribution in [-0.4, -0.2) is 82.1 Å². The van der Waals surface area contributed by atoms with Crippen LogP contribution in [0.4, 0.5) is 13.2 Å². The van der Waals surface area contributed by atoms with Gasteiger partial charge in [0.25, 0.3) is 0 Å². The average Bonchev–Trinajstić information content (AvgIpc) is 3.25. The fourth-order valence-corrected chi connectivity index (χ4v) is 6.36. The van der Waals surface area contributed by atoms with Crippen molar-refractivity contribution in [3.8, 4) is 0 Å². The lowest BCUT2D eigenvalue weighted by Crippen LogP contribution is -2.42. The van der Waals surface area contributed by atoms with E-state index >= 15 is 0 Å². The number of benzene rings is 1. The first-order valence-corrected chi connectivity index (χ1v) is 14.9. The zero-order valence-electron chi connectivity index (χ0n) is 21.8. The van der Waals surface area contributed by atoms with Gasteiger partial charge < -0.3 is 15.5 Å². The first kappa shape index (κ1) is 29.9. The molecule has 0 bridgehead atoms. The summed E-state index contributed by atoms with van der Waals surface area (Å²) in [6.45, 7) is 2.92. The molecule has 2 aliphatic rings. The zero-order chi connectivity index (χ0) is 26.9. The van der Waals surface area contributed by atoms with E-state index in [1.165, 1.54) is 48.9 Å². The SMILES string of the molecule is CN(CCCCNCCNC1CCCCCC1)S(=O)(=O)c1ccc2c(c1)CCN(C(=O)C(F)(F)F)CC2. The summed E-state index contributed by atoms with van der Waals surface area (Å²) >= 11 is 0. The van der Waals surface area contributed by atoms with Crippen LogP contribution in [0.1, 0.15) is 62.5 Å². The van der Waals surface area contributed by atoms with Crippen molar-refractivity contribution < 1.29 is 26.4 Å². The molecule has 0 spiro atoms. The van der Waals surface area contributed by atoms with Gasteiger partial charge in [-0.1, -0.05) is 31.7 Å². The van der Waals surface area contributed by atoms with E-state index in [0.29, 0.717) is 18.2 Å². The number of amides is 1. The molecule has 0 atom stereocenters. The van der Waals surface area contributed by atoms with Crippen molar-refractivity contribution in [2.24, 2.45) is 0 Å². The zero-order valence-corrected chi connectivity index (χ0v) is 22.6. The fourth-order valence-electron chi connectivity index (χ4n) is 5.10. The molecule has 1 amide bonds. The second kappa shape index (κ2) is 13.9. The number of unbranched alkanes of at least 4 members (excludes halogenated alkanes) is 1. The van der Waals surface area contributed by atoms with Gasteiger partial charge in [-0.15, -0.1) is 0 Å². The Bertz CT molecular complexity index is 980. The van der Waals surface area contributed by atoms with Crippen molar-refractivity contribution in [3.63, 3.8) is 0 Å². The van der Waals surface area contributed by atoms with Crippen LogP contribution in [0.2, 0.25) is 0 Å². The number of fused-ring (bicyclic) bond motifs is 1. The molecule has 210 valence electrons. The molecule has 0 unspecified atom stereocenters. The molecule has 3 rings (SSSR count). The van der Waals surface area contributed by atoms with Crippen molar-refractivity contribution in [2.75, 3.05) is 46.3 Å². The predicted octanol–water partition coefficient (Wildman–Crippen LogP) is 3.48. The van der Waals surface area contributed by atoms with Crippen molar-refractivity contribution in [2.45, 2.75) is 81.3 Å². The topological polar surface area (TPSA) is 81.8 Å². The lowest BCUT2D eigenvalue weighted by atomic mass is 10.0. The summed E-state index contributed by atoms with van der Waals surface area (Å²) in [5.74, 6) is -1.85. The van der Waals surface area contributed by atoms with Crippen molar-refractivity contribution in [1.29, 1.82) is 0 Å². The first-order valence-electron chi connectivity index (χ1n) is 13.5. The molecule has 0 radical (unpaired) electrons. The summed E-state index contributed by atoms with van der Waals surface area (Å²) < 4.78 is 65.9. The van der Waals surface area contributed by atoms with Crippen LogP contribution in [0, 0.1) is 0 Å². The summed E-state index contributed by atoms with van der Waals surface area (Å²) in [6.07, 6.45) is 4.97. The van der Waals surface area contributed by atoms with Crippen LogP contribution in [0.3, 0.4) is 0 Å². The minimum Gasteiger partial charge on any atom is -0.334 e. The Kier molecular flexibility index (Phi) is 11.2. The second-order valence-corrected chi connectivity index (χ2v) is 12.2. The van der Waals surface area contributed by atoms with Gasteiger partial charge in [-0.05, 0) is 68.3 Å². The Hall–Kier alpha value is -1.69. The first-order chi connectivity index (χ1) is 17.6. The summed E-state index contributed by atoms with van der Waals surface area (Å²) in [5.41, 5.74) is 1.45. The standard InChI is InChI=1S/C26H41F3N4O3S/c1-32(17-7-6-14-30-15-16-31-23-8-4-2-3-5-9-23)37(35,36)24-11-10-21-12-18-33(19-13-22(21)20-24)25(34)26(27,28)29/h10-11,20,23,30-31H,2-9,12-19H2,1H3. The summed E-state index contributed by atoms with van der Waals surface area (Å²) in [4.78, 5) is 12.5. The molecule has 1 aliphatic heterocycles. The molecule has 1 aromatic rings. The molecule has 1 fully saturated rings. The third kappa shape index (κ3) is 8.94. The van der Waals surface area contributed by atoms with Gasteiger partial charge in [0.1, 0.15) is 0 Å². The summed E-state index contributed by atoms with van der Waals surface area (Å²) in [5, 5.41) is 7.05. The molecule has 0 aromatic heterocycles. The number of nitrogens with one attached hydrogen (secondary N) is 2. The maximum absolute atomic E-state index is 13.1. The second-order valence-electron chi connectivity index (χ2n) is 10.1. The van der Waals surface area contributed by atoms with Crippen LogP contribution in [-0.2, 0) is 27.7 Å². The van der Waals surface area contributed by atoms with Gasteiger partial charge in [0, 0.05) is 45.8 Å². The molecule has 37 heavy (non-hydrogen) atoms. The van der Waals surface area contributed by atoms with Gasteiger partial charge in [-0.25, -0.2) is 12.7 Å². The molecular formula is C26H41F3N4O3S.